The van der Waals surface area contributed by atoms with Gasteiger partial charge in [-0.1, -0.05) is 24.4 Å². The summed E-state index contributed by atoms with van der Waals surface area (Å²) in [5.74, 6) is 0. The van der Waals surface area contributed by atoms with E-state index in [2.05, 4.69) is 22.1 Å². The highest BCUT2D eigenvalue weighted by Gasteiger charge is 2.10. The van der Waals surface area contributed by atoms with Crippen LogP contribution in [-0.2, 0) is 12.8 Å². The molecule has 0 N–H and O–H groups in total. The summed E-state index contributed by atoms with van der Waals surface area (Å²) in [7, 11) is 0. The predicted molar refractivity (Wildman–Crippen MR) is 87.1 cm³/mol. The predicted octanol–water partition coefficient (Wildman–Crippen LogP) is 4.51. The van der Waals surface area contributed by atoms with Crippen LogP contribution in [0.2, 0.25) is 0 Å². The molecule has 0 unspecified atom stereocenters. The lowest BCUT2D eigenvalue weighted by molar-refractivity contribution is 1.05. The Labute approximate surface area is 130 Å². The fourth-order valence-electron chi connectivity index (χ4n) is 1.94. The van der Waals surface area contributed by atoms with Gasteiger partial charge in [-0.2, -0.15) is 0 Å². The van der Waals surface area contributed by atoms with Crippen molar-refractivity contribution in [1.82, 2.24) is 9.97 Å². The van der Waals surface area contributed by atoms with Crippen LogP contribution in [0, 0.1) is 3.14 Å². The van der Waals surface area contributed by atoms with Gasteiger partial charge in [0.25, 0.3) is 0 Å². The van der Waals surface area contributed by atoms with Gasteiger partial charge in [0.1, 0.15) is 3.14 Å². The lowest BCUT2D eigenvalue weighted by Crippen LogP contribution is -1.94. The lowest BCUT2D eigenvalue weighted by atomic mass is 10.2. The Balaban J connectivity index is 1.87. The Hall–Kier alpha value is -1.43. The number of pyridine rings is 2. The van der Waals surface area contributed by atoms with Gasteiger partial charge in [-0.05, 0) is 24.3 Å². The van der Waals surface area contributed by atoms with Gasteiger partial charge in [0.2, 0.25) is 0 Å². The zero-order chi connectivity index (χ0) is 13.8. The van der Waals surface area contributed by atoms with Crippen molar-refractivity contribution in [2.75, 3.05) is 0 Å². The first kappa shape index (κ1) is 13.5. The summed E-state index contributed by atoms with van der Waals surface area (Å²) < 4.78 is 0.974. The van der Waals surface area contributed by atoms with E-state index >= 15 is 0 Å². The standard InChI is InChI=1S/C15H12N2S3/c18-15-19-13(9-11-5-1-3-7-16-11)14(20-15)10-12-6-2-4-8-17-12/h1-8H,9-10H2. The summed E-state index contributed by atoms with van der Waals surface area (Å²) in [6.07, 6.45) is 5.36. The van der Waals surface area contributed by atoms with Gasteiger partial charge in [0.05, 0.1) is 0 Å². The van der Waals surface area contributed by atoms with Gasteiger partial charge in [-0.25, -0.2) is 0 Å². The van der Waals surface area contributed by atoms with E-state index in [0.29, 0.717) is 0 Å². The first-order valence-corrected chi connectivity index (χ1v) is 8.27. The maximum atomic E-state index is 5.35. The second-order valence-corrected chi connectivity index (χ2v) is 7.69. The van der Waals surface area contributed by atoms with Crippen LogP contribution >= 0.6 is 34.9 Å². The largest absolute Gasteiger partial charge is 0.261 e. The van der Waals surface area contributed by atoms with Crippen LogP contribution in [0.1, 0.15) is 21.1 Å². The second-order valence-electron chi connectivity index (χ2n) is 4.30. The number of hydrogen-bond donors (Lipinski definition) is 0. The zero-order valence-electron chi connectivity index (χ0n) is 10.7. The fraction of sp³-hybridized carbons (Fsp3) is 0.133. The third-order valence-electron chi connectivity index (χ3n) is 2.86. The minimum Gasteiger partial charge on any atom is -0.261 e. The van der Waals surface area contributed by atoms with Crippen molar-refractivity contribution in [1.29, 1.82) is 0 Å². The van der Waals surface area contributed by atoms with Crippen molar-refractivity contribution in [3.8, 4) is 0 Å². The summed E-state index contributed by atoms with van der Waals surface area (Å²) in [6, 6.07) is 12.0. The van der Waals surface area contributed by atoms with Gasteiger partial charge in [-0.15, -0.1) is 22.7 Å². The third-order valence-corrected chi connectivity index (χ3v) is 5.60. The van der Waals surface area contributed by atoms with Crippen LogP contribution in [0.25, 0.3) is 0 Å². The molecule has 0 aliphatic carbocycles. The molecule has 0 atom stereocenters. The highest BCUT2D eigenvalue weighted by Crippen LogP contribution is 2.28. The fourth-order valence-corrected chi connectivity index (χ4v) is 4.78. The van der Waals surface area contributed by atoms with Crippen molar-refractivity contribution in [3.63, 3.8) is 0 Å². The molecule has 2 nitrogen and oxygen atoms in total. The molecule has 0 fully saturated rings. The Bertz CT molecular complexity index is 671. The smallest absolute Gasteiger partial charge is 0.144 e. The molecule has 0 aliphatic heterocycles. The maximum Gasteiger partial charge on any atom is 0.144 e. The van der Waals surface area contributed by atoms with E-state index in [9.17, 15) is 0 Å². The van der Waals surface area contributed by atoms with E-state index in [1.807, 2.05) is 36.7 Å². The molecule has 0 spiro atoms. The first-order valence-electron chi connectivity index (χ1n) is 6.23. The van der Waals surface area contributed by atoms with E-state index in [-0.39, 0.29) is 0 Å². The van der Waals surface area contributed by atoms with Crippen LogP contribution in [0.15, 0.2) is 48.8 Å². The van der Waals surface area contributed by atoms with Crippen LogP contribution < -0.4 is 0 Å². The number of rotatable bonds is 4. The summed E-state index contributed by atoms with van der Waals surface area (Å²) in [4.78, 5) is 11.4. The molecule has 3 aromatic rings. The molecule has 0 radical (unpaired) electrons. The molecule has 5 heteroatoms. The van der Waals surface area contributed by atoms with Crippen molar-refractivity contribution >= 4 is 34.9 Å². The van der Waals surface area contributed by atoms with Gasteiger partial charge in [0.15, 0.2) is 0 Å². The zero-order valence-corrected chi connectivity index (χ0v) is 13.1. The number of aromatic nitrogens is 2. The van der Waals surface area contributed by atoms with Gasteiger partial charge >= 0.3 is 0 Å². The first-order chi connectivity index (χ1) is 9.81. The van der Waals surface area contributed by atoms with Gasteiger partial charge < -0.3 is 0 Å². The average molecular weight is 316 g/mol. The molecule has 0 aromatic carbocycles. The van der Waals surface area contributed by atoms with Crippen molar-refractivity contribution in [3.05, 3.63) is 73.1 Å². The van der Waals surface area contributed by atoms with Crippen LogP contribution in [0.4, 0.5) is 0 Å². The summed E-state index contributed by atoms with van der Waals surface area (Å²) in [6.45, 7) is 0. The van der Waals surface area contributed by atoms with E-state index < -0.39 is 0 Å². The molecule has 3 aromatic heterocycles. The van der Waals surface area contributed by atoms with Crippen molar-refractivity contribution in [2.24, 2.45) is 0 Å². The topological polar surface area (TPSA) is 25.8 Å². The van der Waals surface area contributed by atoms with E-state index in [0.717, 1.165) is 27.4 Å². The lowest BCUT2D eigenvalue weighted by Gasteiger charge is -2.02. The number of hydrogen-bond acceptors (Lipinski definition) is 5. The van der Waals surface area contributed by atoms with E-state index in [1.165, 1.54) is 9.75 Å². The minimum absolute atomic E-state index is 0.848. The van der Waals surface area contributed by atoms with Crippen molar-refractivity contribution < 1.29 is 0 Å². The molecular weight excluding hydrogens is 304 g/mol. The third kappa shape index (κ3) is 3.36. The molecule has 3 rings (SSSR count). The molecule has 0 amide bonds. The Morgan fingerprint density at radius 1 is 0.800 bits per heavy atom. The quantitative estimate of drug-likeness (QED) is 0.662. The average Bonchev–Trinajstić information content (AvgIpc) is 2.81. The Morgan fingerprint density at radius 3 is 1.70 bits per heavy atom. The van der Waals surface area contributed by atoms with E-state index in [1.54, 1.807) is 22.7 Å². The van der Waals surface area contributed by atoms with Crippen LogP contribution in [0.5, 0.6) is 0 Å². The summed E-state index contributed by atoms with van der Waals surface area (Å²) >= 11 is 8.74. The molecule has 3 heterocycles. The normalized spacial score (nSPS) is 10.6. The summed E-state index contributed by atoms with van der Waals surface area (Å²) in [5, 5.41) is 0. The molecule has 0 saturated carbocycles. The maximum absolute atomic E-state index is 5.35. The Kier molecular flexibility index (Phi) is 4.30. The number of nitrogens with zero attached hydrogens (tertiary/aromatic N) is 2. The molecule has 0 saturated heterocycles. The van der Waals surface area contributed by atoms with Crippen LogP contribution in [0.3, 0.4) is 0 Å². The molecule has 100 valence electrons. The second kappa shape index (κ2) is 6.35. The van der Waals surface area contributed by atoms with Crippen molar-refractivity contribution in [2.45, 2.75) is 12.8 Å². The summed E-state index contributed by atoms with van der Waals surface area (Å²) in [5.41, 5.74) is 2.16. The highest BCUT2D eigenvalue weighted by molar-refractivity contribution is 7.76. The monoisotopic (exact) mass is 316 g/mol. The SMILES string of the molecule is S=c1sc(Cc2ccccn2)c(Cc2ccccn2)s1. The highest BCUT2D eigenvalue weighted by atomic mass is 32.2. The molecule has 0 aliphatic rings. The minimum atomic E-state index is 0.848. The molecule has 20 heavy (non-hydrogen) atoms. The van der Waals surface area contributed by atoms with E-state index in [4.69, 9.17) is 12.2 Å². The molecular formula is C15H12N2S3. The van der Waals surface area contributed by atoms with Gasteiger partial charge in [0, 0.05) is 46.4 Å². The van der Waals surface area contributed by atoms with Crippen LogP contribution in [-0.4, -0.2) is 9.97 Å². The van der Waals surface area contributed by atoms with Gasteiger partial charge in [-0.3, -0.25) is 9.97 Å². The molecule has 0 bridgehead atoms. The Morgan fingerprint density at radius 2 is 1.30 bits per heavy atom.